The van der Waals surface area contributed by atoms with Gasteiger partial charge in [-0.05, 0) is 91.5 Å². The number of hydrogen-bond acceptors (Lipinski definition) is 6. The zero-order chi connectivity index (χ0) is 25.0. The van der Waals surface area contributed by atoms with Gasteiger partial charge < -0.3 is 10.6 Å². The molecule has 3 aromatic carbocycles. The fourth-order valence-corrected chi connectivity index (χ4v) is 6.78. The maximum Gasteiger partial charge on any atom is 0.261 e. The van der Waals surface area contributed by atoms with Crippen LogP contribution in [-0.4, -0.2) is 29.6 Å². The molecular weight excluding hydrogens is 482 g/mol. The Bertz CT molecular complexity index is 1500. The minimum atomic E-state index is -3.75. The molecule has 3 N–H and O–H groups in total. The lowest BCUT2D eigenvalue weighted by molar-refractivity contribution is 0.390. The van der Waals surface area contributed by atoms with Gasteiger partial charge >= 0.3 is 0 Å². The van der Waals surface area contributed by atoms with E-state index in [1.54, 1.807) is 30.3 Å². The Morgan fingerprint density at radius 2 is 1.54 bits per heavy atom. The standard InChI is InChI=1S/C26H29N3O4S2/c1-16-4-7-19(14-17(16)2)29-35(32,33)21-10-11-24-23(15-21)26-22(12-13-27-26)25(28-24)18-5-8-20(9-6-18)34(3,30)31/h4-11,14-15,22,25-29H,12-13H2,1-3H3. The van der Waals surface area contributed by atoms with Crippen LogP contribution in [0.5, 0.6) is 0 Å². The summed E-state index contributed by atoms with van der Waals surface area (Å²) in [6.45, 7) is 4.77. The number of benzene rings is 3. The van der Waals surface area contributed by atoms with Gasteiger partial charge in [-0.3, -0.25) is 4.72 Å². The molecule has 9 heteroatoms. The van der Waals surface area contributed by atoms with Crippen molar-refractivity contribution < 1.29 is 16.8 Å². The lowest BCUT2D eigenvalue weighted by atomic mass is 9.80. The van der Waals surface area contributed by atoms with Crippen LogP contribution >= 0.6 is 0 Å². The lowest BCUT2D eigenvalue weighted by Crippen LogP contribution is -2.32. The average Bonchev–Trinajstić information content (AvgIpc) is 3.30. The molecule has 0 radical (unpaired) electrons. The SMILES string of the molecule is Cc1ccc(NS(=O)(=O)c2ccc3c(c2)C2NCCC2C(c2ccc(S(C)(=O)=O)cc2)N3)cc1C. The van der Waals surface area contributed by atoms with Gasteiger partial charge in [0.25, 0.3) is 10.0 Å². The van der Waals surface area contributed by atoms with Crippen LogP contribution in [0.1, 0.15) is 40.8 Å². The minimum absolute atomic E-state index is 0.00241. The number of nitrogens with one attached hydrogen (secondary N) is 3. The van der Waals surface area contributed by atoms with Gasteiger partial charge in [-0.15, -0.1) is 0 Å². The first kappa shape index (κ1) is 23.8. The molecule has 2 aliphatic heterocycles. The molecule has 35 heavy (non-hydrogen) atoms. The number of sulfonamides is 1. The fraction of sp³-hybridized carbons (Fsp3) is 0.308. The number of rotatable bonds is 5. The topological polar surface area (TPSA) is 104 Å². The molecule has 3 aromatic rings. The minimum Gasteiger partial charge on any atom is -0.378 e. The van der Waals surface area contributed by atoms with Gasteiger partial charge in [0, 0.05) is 29.6 Å². The molecule has 0 spiro atoms. The van der Waals surface area contributed by atoms with Crippen molar-refractivity contribution in [3.8, 4) is 0 Å². The van der Waals surface area contributed by atoms with Crippen LogP contribution in [0.4, 0.5) is 11.4 Å². The maximum absolute atomic E-state index is 13.2. The number of fused-ring (bicyclic) bond motifs is 3. The van der Waals surface area contributed by atoms with Crippen LogP contribution in [0.25, 0.3) is 0 Å². The van der Waals surface area contributed by atoms with Crippen molar-refractivity contribution >= 4 is 31.2 Å². The Balaban J connectivity index is 1.45. The van der Waals surface area contributed by atoms with E-state index in [1.165, 1.54) is 6.26 Å². The first-order valence-electron chi connectivity index (χ1n) is 11.6. The quantitative estimate of drug-likeness (QED) is 0.471. The van der Waals surface area contributed by atoms with Crippen LogP contribution in [0.3, 0.4) is 0 Å². The molecule has 1 saturated heterocycles. The average molecular weight is 512 g/mol. The predicted molar refractivity (Wildman–Crippen MR) is 138 cm³/mol. The zero-order valence-electron chi connectivity index (χ0n) is 19.9. The van der Waals surface area contributed by atoms with Gasteiger partial charge in [-0.25, -0.2) is 16.8 Å². The number of aryl methyl sites for hydroxylation is 2. The van der Waals surface area contributed by atoms with Crippen molar-refractivity contribution in [1.29, 1.82) is 0 Å². The van der Waals surface area contributed by atoms with Gasteiger partial charge in [0.1, 0.15) is 0 Å². The lowest BCUT2D eigenvalue weighted by Gasteiger charge is -2.37. The van der Waals surface area contributed by atoms with E-state index >= 15 is 0 Å². The third-order valence-corrected chi connectivity index (χ3v) is 9.61. The van der Waals surface area contributed by atoms with Crippen LogP contribution in [0.15, 0.2) is 70.5 Å². The van der Waals surface area contributed by atoms with E-state index in [-0.39, 0.29) is 22.9 Å². The maximum atomic E-state index is 13.2. The highest BCUT2D eigenvalue weighted by atomic mass is 32.2. The monoisotopic (exact) mass is 511 g/mol. The van der Waals surface area contributed by atoms with Crippen molar-refractivity contribution in [2.24, 2.45) is 5.92 Å². The predicted octanol–water partition coefficient (Wildman–Crippen LogP) is 4.33. The summed E-state index contributed by atoms with van der Waals surface area (Å²) in [6, 6.07) is 17.7. The molecule has 0 saturated carbocycles. The van der Waals surface area contributed by atoms with Crippen molar-refractivity contribution in [2.75, 3.05) is 22.8 Å². The third kappa shape index (κ3) is 4.55. The Labute approximate surface area is 206 Å². The van der Waals surface area contributed by atoms with Crippen LogP contribution in [-0.2, 0) is 19.9 Å². The Kier molecular flexibility index (Phi) is 5.89. The smallest absolute Gasteiger partial charge is 0.261 e. The van der Waals surface area contributed by atoms with E-state index in [0.717, 1.165) is 40.9 Å². The molecule has 0 aromatic heterocycles. The Morgan fingerprint density at radius 1 is 0.829 bits per heavy atom. The fourth-order valence-electron chi connectivity index (χ4n) is 5.07. The van der Waals surface area contributed by atoms with Gasteiger partial charge in [0.15, 0.2) is 9.84 Å². The molecule has 7 nitrogen and oxygen atoms in total. The van der Waals surface area contributed by atoms with Crippen molar-refractivity contribution in [1.82, 2.24) is 5.32 Å². The van der Waals surface area contributed by atoms with E-state index in [4.69, 9.17) is 0 Å². The highest BCUT2D eigenvalue weighted by molar-refractivity contribution is 7.92. The van der Waals surface area contributed by atoms with Crippen molar-refractivity contribution in [3.63, 3.8) is 0 Å². The molecule has 1 fully saturated rings. The van der Waals surface area contributed by atoms with E-state index in [1.807, 2.05) is 44.2 Å². The summed E-state index contributed by atoms with van der Waals surface area (Å²) in [7, 11) is -7.01. The molecule has 5 rings (SSSR count). The molecule has 184 valence electrons. The summed E-state index contributed by atoms with van der Waals surface area (Å²) in [6.07, 6.45) is 2.13. The molecular formula is C26H29N3O4S2. The second kappa shape index (κ2) is 8.65. The summed E-state index contributed by atoms with van der Waals surface area (Å²) in [5, 5.41) is 7.12. The molecule has 0 aliphatic carbocycles. The zero-order valence-corrected chi connectivity index (χ0v) is 21.5. The molecule has 0 amide bonds. The van der Waals surface area contributed by atoms with Crippen LogP contribution < -0.4 is 15.4 Å². The molecule has 0 bridgehead atoms. The molecule has 3 unspecified atom stereocenters. The number of sulfone groups is 1. The summed E-state index contributed by atoms with van der Waals surface area (Å²) in [4.78, 5) is 0.518. The van der Waals surface area contributed by atoms with E-state index < -0.39 is 19.9 Å². The first-order chi connectivity index (χ1) is 16.5. The molecule has 2 heterocycles. The summed E-state index contributed by atoms with van der Waals surface area (Å²) in [5.41, 5.74) is 5.48. The summed E-state index contributed by atoms with van der Waals surface area (Å²) < 4.78 is 52.7. The van der Waals surface area contributed by atoms with Gasteiger partial charge in [0.2, 0.25) is 0 Å². The van der Waals surface area contributed by atoms with Crippen LogP contribution in [0.2, 0.25) is 0 Å². The first-order valence-corrected chi connectivity index (χ1v) is 14.9. The Hall–Kier alpha value is -2.88. The molecule has 2 aliphatic rings. The number of anilines is 2. The highest BCUT2D eigenvalue weighted by Gasteiger charge is 2.40. The third-order valence-electron chi connectivity index (χ3n) is 7.10. The van der Waals surface area contributed by atoms with E-state index in [2.05, 4.69) is 15.4 Å². The van der Waals surface area contributed by atoms with Crippen molar-refractivity contribution in [2.45, 2.75) is 42.1 Å². The summed E-state index contributed by atoms with van der Waals surface area (Å²) >= 11 is 0. The van der Waals surface area contributed by atoms with Gasteiger partial charge in [-0.2, -0.15) is 0 Å². The largest absolute Gasteiger partial charge is 0.378 e. The molecule has 3 atom stereocenters. The normalized spacial score (nSPS) is 21.6. The summed E-state index contributed by atoms with van der Waals surface area (Å²) in [5.74, 6) is 0.206. The highest BCUT2D eigenvalue weighted by Crippen LogP contribution is 2.47. The Morgan fingerprint density at radius 3 is 2.23 bits per heavy atom. The van der Waals surface area contributed by atoms with E-state index in [0.29, 0.717) is 10.6 Å². The second-order valence-corrected chi connectivity index (χ2v) is 13.2. The number of hydrogen-bond donors (Lipinski definition) is 3. The van der Waals surface area contributed by atoms with Gasteiger partial charge in [0.05, 0.1) is 15.8 Å². The second-order valence-electron chi connectivity index (χ2n) is 9.50. The van der Waals surface area contributed by atoms with Crippen LogP contribution in [0, 0.1) is 19.8 Å². The van der Waals surface area contributed by atoms with Gasteiger partial charge in [-0.1, -0.05) is 18.2 Å². The van der Waals surface area contributed by atoms with Crippen molar-refractivity contribution in [3.05, 3.63) is 82.9 Å². The van der Waals surface area contributed by atoms with E-state index in [9.17, 15) is 16.8 Å².